The van der Waals surface area contributed by atoms with Gasteiger partial charge in [0.1, 0.15) is 17.5 Å². The van der Waals surface area contributed by atoms with Crippen LogP contribution in [0.5, 0.6) is 5.75 Å². The van der Waals surface area contributed by atoms with E-state index in [4.69, 9.17) is 10.00 Å². The average molecular weight is 238 g/mol. The van der Waals surface area contributed by atoms with Gasteiger partial charge in [0.15, 0.2) is 0 Å². The van der Waals surface area contributed by atoms with Crippen LogP contribution in [0.3, 0.4) is 0 Å². The van der Waals surface area contributed by atoms with E-state index in [-0.39, 0.29) is 6.10 Å². The molecule has 0 spiro atoms. The Labute approximate surface area is 107 Å². The minimum atomic E-state index is 0.156. The second kappa shape index (κ2) is 5.33. The standard InChI is InChI=1S/C15H14N2O/c1-11(2)18-13-7-5-12(6-8-13)14-4-3-9-17-15(14)10-16/h3-9,11H,1-2H3. The van der Waals surface area contributed by atoms with Crippen LogP contribution in [0.2, 0.25) is 0 Å². The summed E-state index contributed by atoms with van der Waals surface area (Å²) in [4.78, 5) is 4.05. The number of rotatable bonds is 3. The van der Waals surface area contributed by atoms with Crippen molar-refractivity contribution in [2.75, 3.05) is 0 Å². The summed E-state index contributed by atoms with van der Waals surface area (Å²) in [6, 6.07) is 13.5. The summed E-state index contributed by atoms with van der Waals surface area (Å²) < 4.78 is 5.58. The number of nitriles is 1. The summed E-state index contributed by atoms with van der Waals surface area (Å²) in [5.74, 6) is 0.830. The van der Waals surface area contributed by atoms with Crippen LogP contribution in [0.1, 0.15) is 19.5 Å². The first-order chi connectivity index (χ1) is 8.70. The van der Waals surface area contributed by atoms with Crippen molar-refractivity contribution in [3.8, 4) is 22.9 Å². The van der Waals surface area contributed by atoms with Crippen LogP contribution in [-0.2, 0) is 0 Å². The van der Waals surface area contributed by atoms with Gasteiger partial charge in [-0.15, -0.1) is 0 Å². The maximum atomic E-state index is 9.02. The summed E-state index contributed by atoms with van der Waals surface area (Å²) >= 11 is 0. The number of hydrogen-bond acceptors (Lipinski definition) is 3. The van der Waals surface area contributed by atoms with Crippen molar-refractivity contribution in [2.24, 2.45) is 0 Å². The lowest BCUT2D eigenvalue weighted by Crippen LogP contribution is -2.05. The Bertz CT molecular complexity index is 568. The van der Waals surface area contributed by atoms with Crippen LogP contribution in [0.4, 0.5) is 0 Å². The van der Waals surface area contributed by atoms with Gasteiger partial charge in [0.2, 0.25) is 0 Å². The molecule has 1 aromatic heterocycles. The van der Waals surface area contributed by atoms with Gasteiger partial charge in [-0.2, -0.15) is 5.26 Å². The molecular weight excluding hydrogens is 224 g/mol. The minimum Gasteiger partial charge on any atom is -0.491 e. The van der Waals surface area contributed by atoms with E-state index in [1.165, 1.54) is 0 Å². The second-order valence-corrected chi connectivity index (χ2v) is 4.20. The molecular formula is C15H14N2O. The Morgan fingerprint density at radius 1 is 1.17 bits per heavy atom. The maximum absolute atomic E-state index is 9.02. The predicted octanol–water partition coefficient (Wildman–Crippen LogP) is 3.41. The smallest absolute Gasteiger partial charge is 0.148 e. The van der Waals surface area contributed by atoms with Crippen molar-refractivity contribution in [3.63, 3.8) is 0 Å². The molecule has 0 aliphatic rings. The molecule has 0 aliphatic heterocycles. The highest BCUT2D eigenvalue weighted by molar-refractivity contribution is 5.68. The molecule has 0 atom stereocenters. The Morgan fingerprint density at radius 2 is 1.89 bits per heavy atom. The van der Waals surface area contributed by atoms with Gasteiger partial charge in [-0.1, -0.05) is 12.1 Å². The predicted molar refractivity (Wildman–Crippen MR) is 70.2 cm³/mol. The molecule has 2 rings (SSSR count). The van der Waals surface area contributed by atoms with Crippen molar-refractivity contribution in [1.29, 1.82) is 5.26 Å². The van der Waals surface area contributed by atoms with E-state index in [1.807, 2.05) is 50.2 Å². The third-order valence-corrected chi connectivity index (χ3v) is 2.45. The highest BCUT2D eigenvalue weighted by atomic mass is 16.5. The lowest BCUT2D eigenvalue weighted by atomic mass is 10.0. The molecule has 2 aromatic rings. The van der Waals surface area contributed by atoms with Gasteiger partial charge in [-0.05, 0) is 43.7 Å². The van der Waals surface area contributed by atoms with Crippen LogP contribution in [-0.4, -0.2) is 11.1 Å². The molecule has 0 saturated heterocycles. The van der Waals surface area contributed by atoms with Gasteiger partial charge < -0.3 is 4.74 Å². The first-order valence-corrected chi connectivity index (χ1v) is 5.83. The number of hydrogen-bond donors (Lipinski definition) is 0. The summed E-state index contributed by atoms with van der Waals surface area (Å²) in [5, 5.41) is 9.02. The molecule has 90 valence electrons. The lowest BCUT2D eigenvalue weighted by molar-refractivity contribution is 0.242. The Kier molecular flexibility index (Phi) is 3.59. The fourth-order valence-corrected chi connectivity index (χ4v) is 1.71. The maximum Gasteiger partial charge on any atom is 0.148 e. The van der Waals surface area contributed by atoms with Gasteiger partial charge in [0.25, 0.3) is 0 Å². The third kappa shape index (κ3) is 2.67. The normalized spacial score (nSPS) is 10.1. The molecule has 0 fully saturated rings. The second-order valence-electron chi connectivity index (χ2n) is 4.20. The number of ether oxygens (including phenoxy) is 1. The van der Waals surface area contributed by atoms with E-state index in [1.54, 1.807) is 6.20 Å². The van der Waals surface area contributed by atoms with E-state index in [9.17, 15) is 0 Å². The summed E-state index contributed by atoms with van der Waals surface area (Å²) in [6.07, 6.45) is 1.78. The Balaban J connectivity index is 2.32. The Hall–Kier alpha value is -2.34. The quantitative estimate of drug-likeness (QED) is 0.823. The zero-order valence-corrected chi connectivity index (χ0v) is 10.4. The fraction of sp³-hybridized carbons (Fsp3) is 0.200. The van der Waals surface area contributed by atoms with Crippen LogP contribution in [0, 0.1) is 11.3 Å². The summed E-state index contributed by atoms with van der Waals surface area (Å²) in [5.41, 5.74) is 2.25. The van der Waals surface area contributed by atoms with Gasteiger partial charge in [0, 0.05) is 11.8 Å². The van der Waals surface area contributed by atoms with Gasteiger partial charge in [-0.3, -0.25) is 0 Å². The van der Waals surface area contributed by atoms with Crippen LogP contribution < -0.4 is 4.74 Å². The van der Waals surface area contributed by atoms with Crippen LogP contribution in [0.25, 0.3) is 11.1 Å². The number of pyridine rings is 1. The number of nitrogens with zero attached hydrogens (tertiary/aromatic N) is 2. The molecule has 0 bridgehead atoms. The molecule has 0 amide bonds. The molecule has 0 unspecified atom stereocenters. The summed E-state index contributed by atoms with van der Waals surface area (Å²) in [7, 11) is 0. The third-order valence-electron chi connectivity index (χ3n) is 2.45. The molecule has 0 aliphatic carbocycles. The first-order valence-electron chi connectivity index (χ1n) is 5.83. The Morgan fingerprint density at radius 3 is 2.50 bits per heavy atom. The van der Waals surface area contributed by atoms with Crippen molar-refractivity contribution in [1.82, 2.24) is 4.98 Å². The van der Waals surface area contributed by atoms with Gasteiger partial charge >= 0.3 is 0 Å². The van der Waals surface area contributed by atoms with E-state index in [0.29, 0.717) is 5.69 Å². The highest BCUT2D eigenvalue weighted by Gasteiger charge is 2.05. The van der Waals surface area contributed by atoms with Crippen molar-refractivity contribution < 1.29 is 4.74 Å². The fourth-order valence-electron chi connectivity index (χ4n) is 1.71. The largest absolute Gasteiger partial charge is 0.491 e. The zero-order chi connectivity index (χ0) is 13.0. The van der Waals surface area contributed by atoms with E-state index in [2.05, 4.69) is 11.1 Å². The molecule has 1 heterocycles. The average Bonchev–Trinajstić information content (AvgIpc) is 2.39. The van der Waals surface area contributed by atoms with Crippen molar-refractivity contribution in [3.05, 3.63) is 48.3 Å². The zero-order valence-electron chi connectivity index (χ0n) is 10.4. The molecule has 0 radical (unpaired) electrons. The molecule has 0 N–H and O–H groups in total. The topological polar surface area (TPSA) is 45.9 Å². The first kappa shape index (κ1) is 12.1. The monoisotopic (exact) mass is 238 g/mol. The highest BCUT2D eigenvalue weighted by Crippen LogP contribution is 2.24. The van der Waals surface area contributed by atoms with Crippen molar-refractivity contribution in [2.45, 2.75) is 20.0 Å². The summed E-state index contributed by atoms with van der Waals surface area (Å²) in [6.45, 7) is 3.98. The number of benzene rings is 1. The lowest BCUT2D eigenvalue weighted by Gasteiger charge is -2.10. The van der Waals surface area contributed by atoms with Crippen molar-refractivity contribution >= 4 is 0 Å². The van der Waals surface area contributed by atoms with Crippen LogP contribution >= 0.6 is 0 Å². The van der Waals surface area contributed by atoms with Gasteiger partial charge in [0.05, 0.1) is 6.10 Å². The SMILES string of the molecule is CC(C)Oc1ccc(-c2cccnc2C#N)cc1. The van der Waals surface area contributed by atoms with Gasteiger partial charge in [-0.25, -0.2) is 4.98 Å². The molecule has 1 aromatic carbocycles. The molecule has 0 saturated carbocycles. The van der Waals surface area contributed by atoms with E-state index in [0.717, 1.165) is 16.9 Å². The van der Waals surface area contributed by atoms with E-state index < -0.39 is 0 Å². The molecule has 3 heteroatoms. The molecule has 3 nitrogen and oxygen atoms in total. The minimum absolute atomic E-state index is 0.156. The van der Waals surface area contributed by atoms with E-state index >= 15 is 0 Å². The number of aromatic nitrogens is 1. The van der Waals surface area contributed by atoms with Crippen LogP contribution in [0.15, 0.2) is 42.6 Å². The molecule has 18 heavy (non-hydrogen) atoms.